The van der Waals surface area contributed by atoms with Gasteiger partial charge in [-0.15, -0.1) is 0 Å². The molecule has 0 fully saturated rings. The Morgan fingerprint density at radius 3 is 2.05 bits per heavy atom. The predicted molar refractivity (Wildman–Crippen MR) is 86.0 cm³/mol. The van der Waals surface area contributed by atoms with Crippen molar-refractivity contribution in [1.29, 1.82) is 0 Å². The van der Waals surface area contributed by atoms with Gasteiger partial charge in [-0.25, -0.2) is 0 Å². The van der Waals surface area contributed by atoms with Crippen LogP contribution in [0.2, 0.25) is 0 Å². The molecular formula is C18H22N2O. The molecule has 2 aromatic carbocycles. The van der Waals surface area contributed by atoms with Crippen molar-refractivity contribution in [2.24, 2.45) is 0 Å². The topological polar surface area (TPSA) is 24.5 Å². The van der Waals surface area contributed by atoms with E-state index in [-0.39, 0.29) is 6.04 Å². The number of likely N-dealkylation sites (N-methyl/N-ethyl adjacent to an activating group) is 1. The third-order valence-electron chi connectivity index (χ3n) is 4.18. The van der Waals surface area contributed by atoms with Crippen LogP contribution >= 0.6 is 0 Å². The van der Waals surface area contributed by atoms with E-state index >= 15 is 0 Å². The summed E-state index contributed by atoms with van der Waals surface area (Å²) in [7, 11) is 4.22. The van der Waals surface area contributed by atoms with Crippen molar-refractivity contribution < 1.29 is 4.74 Å². The van der Waals surface area contributed by atoms with Crippen LogP contribution in [0.1, 0.15) is 24.1 Å². The van der Waals surface area contributed by atoms with Gasteiger partial charge >= 0.3 is 0 Å². The molecule has 0 aromatic heterocycles. The number of hydrogen-bond acceptors (Lipinski definition) is 3. The number of benzene rings is 2. The number of rotatable bonds is 4. The van der Waals surface area contributed by atoms with Crippen molar-refractivity contribution in [3.63, 3.8) is 0 Å². The largest absolute Gasteiger partial charge is 0.457 e. The molecule has 1 unspecified atom stereocenters. The van der Waals surface area contributed by atoms with Crippen LogP contribution in [0.15, 0.2) is 48.5 Å². The summed E-state index contributed by atoms with van der Waals surface area (Å²) < 4.78 is 6.01. The molecule has 3 nitrogen and oxygen atoms in total. The summed E-state index contributed by atoms with van der Waals surface area (Å²) in [5.41, 5.74) is 2.42. The molecule has 0 aliphatic carbocycles. The fraction of sp³-hybridized carbons (Fsp3) is 0.333. The number of nitrogens with one attached hydrogen (secondary N) is 1. The molecule has 3 heteroatoms. The van der Waals surface area contributed by atoms with Gasteiger partial charge < -0.3 is 15.0 Å². The number of nitrogens with zero attached hydrogens (tertiary/aromatic N) is 1. The molecule has 1 aliphatic rings. The zero-order chi connectivity index (χ0) is 14.8. The Labute approximate surface area is 126 Å². The lowest BCUT2D eigenvalue weighted by atomic mass is 9.94. The second kappa shape index (κ2) is 5.88. The van der Waals surface area contributed by atoms with Gasteiger partial charge in [-0.3, -0.25) is 0 Å². The van der Waals surface area contributed by atoms with Gasteiger partial charge in [0.25, 0.3) is 0 Å². The fourth-order valence-corrected chi connectivity index (χ4v) is 2.60. The van der Waals surface area contributed by atoms with Gasteiger partial charge in [-0.2, -0.15) is 0 Å². The van der Waals surface area contributed by atoms with E-state index in [0.717, 1.165) is 18.0 Å². The van der Waals surface area contributed by atoms with Crippen LogP contribution in [0, 0.1) is 0 Å². The van der Waals surface area contributed by atoms with Crippen molar-refractivity contribution in [1.82, 2.24) is 10.2 Å². The highest BCUT2D eigenvalue weighted by molar-refractivity contribution is 5.52. The summed E-state index contributed by atoms with van der Waals surface area (Å²) in [4.78, 5) is 2.23. The van der Waals surface area contributed by atoms with E-state index in [0.29, 0.717) is 6.04 Å². The lowest BCUT2D eigenvalue weighted by Crippen LogP contribution is -2.38. The summed E-state index contributed by atoms with van der Waals surface area (Å²) >= 11 is 0. The SMILES string of the molecule is CC(CNC1c2ccccc2Oc2ccccc21)N(C)C. The third-order valence-corrected chi connectivity index (χ3v) is 4.18. The molecular weight excluding hydrogens is 260 g/mol. The maximum absolute atomic E-state index is 6.01. The highest BCUT2D eigenvalue weighted by atomic mass is 16.5. The van der Waals surface area contributed by atoms with Crippen molar-refractivity contribution in [3.8, 4) is 11.5 Å². The second-order valence-electron chi connectivity index (χ2n) is 5.83. The summed E-state index contributed by atoms with van der Waals surface area (Å²) in [6.45, 7) is 3.16. The Bertz CT molecular complexity index is 579. The first kappa shape index (κ1) is 14.1. The molecule has 21 heavy (non-hydrogen) atoms. The molecule has 1 atom stereocenters. The lowest BCUT2D eigenvalue weighted by molar-refractivity contribution is 0.295. The molecule has 0 saturated carbocycles. The van der Waals surface area contributed by atoms with Gasteiger partial charge in [-0.1, -0.05) is 36.4 Å². The van der Waals surface area contributed by atoms with Crippen molar-refractivity contribution >= 4 is 0 Å². The van der Waals surface area contributed by atoms with Gasteiger partial charge in [0, 0.05) is 23.7 Å². The average Bonchev–Trinajstić information content (AvgIpc) is 2.51. The van der Waals surface area contributed by atoms with Gasteiger partial charge in [0.05, 0.1) is 6.04 Å². The van der Waals surface area contributed by atoms with Crippen LogP contribution in [0.5, 0.6) is 11.5 Å². The Balaban J connectivity index is 1.91. The van der Waals surface area contributed by atoms with Gasteiger partial charge in [-0.05, 0) is 33.2 Å². The Hall–Kier alpha value is -1.84. The van der Waals surface area contributed by atoms with Crippen LogP contribution in [0.4, 0.5) is 0 Å². The van der Waals surface area contributed by atoms with Crippen LogP contribution in [-0.4, -0.2) is 31.6 Å². The van der Waals surface area contributed by atoms with E-state index in [1.165, 1.54) is 11.1 Å². The lowest BCUT2D eigenvalue weighted by Gasteiger charge is -2.30. The normalized spacial score (nSPS) is 15.2. The Kier molecular flexibility index (Phi) is 3.95. The van der Waals surface area contributed by atoms with Crippen LogP contribution < -0.4 is 10.1 Å². The van der Waals surface area contributed by atoms with Crippen molar-refractivity contribution in [2.75, 3.05) is 20.6 Å². The zero-order valence-corrected chi connectivity index (χ0v) is 12.8. The Morgan fingerprint density at radius 2 is 1.52 bits per heavy atom. The van der Waals surface area contributed by atoms with Crippen molar-refractivity contribution in [3.05, 3.63) is 59.7 Å². The minimum absolute atomic E-state index is 0.188. The van der Waals surface area contributed by atoms with E-state index in [1.807, 2.05) is 24.3 Å². The van der Waals surface area contributed by atoms with E-state index in [9.17, 15) is 0 Å². The highest BCUT2D eigenvalue weighted by Crippen LogP contribution is 2.42. The number of ether oxygens (including phenoxy) is 1. The first-order chi connectivity index (χ1) is 10.2. The molecule has 3 rings (SSSR count). The monoisotopic (exact) mass is 282 g/mol. The summed E-state index contributed by atoms with van der Waals surface area (Å²) in [6, 6.07) is 17.2. The molecule has 110 valence electrons. The predicted octanol–water partition coefficient (Wildman–Crippen LogP) is 3.42. The number of para-hydroxylation sites is 2. The van der Waals surface area contributed by atoms with E-state index in [2.05, 4.69) is 55.5 Å². The minimum Gasteiger partial charge on any atom is -0.457 e. The van der Waals surface area contributed by atoms with Crippen molar-refractivity contribution in [2.45, 2.75) is 19.0 Å². The molecule has 0 saturated heterocycles. The first-order valence-electron chi connectivity index (χ1n) is 7.42. The van der Waals surface area contributed by atoms with E-state index in [1.54, 1.807) is 0 Å². The molecule has 1 N–H and O–H groups in total. The average molecular weight is 282 g/mol. The van der Waals surface area contributed by atoms with Gasteiger partial charge in [0.1, 0.15) is 11.5 Å². The molecule has 2 aromatic rings. The summed E-state index contributed by atoms with van der Waals surface area (Å²) in [5, 5.41) is 3.69. The van der Waals surface area contributed by atoms with E-state index in [4.69, 9.17) is 4.74 Å². The fourth-order valence-electron chi connectivity index (χ4n) is 2.60. The third kappa shape index (κ3) is 2.80. The van der Waals surface area contributed by atoms with Gasteiger partial charge in [0.15, 0.2) is 0 Å². The number of fused-ring (bicyclic) bond motifs is 2. The molecule has 0 radical (unpaired) electrons. The van der Waals surface area contributed by atoms with E-state index < -0.39 is 0 Å². The minimum atomic E-state index is 0.188. The standard InChI is InChI=1S/C18H22N2O/c1-13(20(2)3)12-19-18-14-8-4-6-10-16(14)21-17-11-7-5-9-15(17)18/h4-11,13,18-19H,12H2,1-3H3. The highest BCUT2D eigenvalue weighted by Gasteiger charge is 2.26. The maximum atomic E-state index is 6.01. The Morgan fingerprint density at radius 1 is 1.00 bits per heavy atom. The summed E-state index contributed by atoms with van der Waals surface area (Å²) in [5.74, 6) is 1.90. The van der Waals surface area contributed by atoms with Crippen LogP contribution in [-0.2, 0) is 0 Å². The molecule has 1 aliphatic heterocycles. The maximum Gasteiger partial charge on any atom is 0.132 e. The number of hydrogen-bond donors (Lipinski definition) is 1. The molecule has 0 amide bonds. The van der Waals surface area contributed by atoms with Crippen LogP contribution in [0.25, 0.3) is 0 Å². The molecule has 0 bridgehead atoms. The smallest absolute Gasteiger partial charge is 0.132 e. The molecule has 0 spiro atoms. The second-order valence-corrected chi connectivity index (χ2v) is 5.83. The zero-order valence-electron chi connectivity index (χ0n) is 12.8. The first-order valence-corrected chi connectivity index (χ1v) is 7.42. The van der Waals surface area contributed by atoms with Crippen LogP contribution in [0.3, 0.4) is 0 Å². The quantitative estimate of drug-likeness (QED) is 0.930. The molecule has 1 heterocycles. The summed E-state index contributed by atoms with van der Waals surface area (Å²) in [6.07, 6.45) is 0. The van der Waals surface area contributed by atoms with Gasteiger partial charge in [0.2, 0.25) is 0 Å².